The van der Waals surface area contributed by atoms with Crippen LogP contribution in [0.15, 0.2) is 29.3 Å². The number of guanidine groups is 1. The van der Waals surface area contributed by atoms with Crippen LogP contribution in [0.3, 0.4) is 0 Å². The Labute approximate surface area is 151 Å². The number of hydrogen-bond donors (Lipinski definition) is 2. The topological polar surface area (TPSA) is 39.7 Å². The number of rotatable bonds is 6. The van der Waals surface area contributed by atoms with Crippen LogP contribution in [-0.2, 0) is 6.42 Å². The lowest BCUT2D eigenvalue weighted by atomic mass is 10.1. The van der Waals surface area contributed by atoms with Crippen molar-refractivity contribution in [2.45, 2.75) is 32.2 Å². The number of halogens is 1. The average Bonchev–Trinajstić information content (AvgIpc) is 3.18. The van der Waals surface area contributed by atoms with Gasteiger partial charge >= 0.3 is 0 Å². The minimum absolute atomic E-state index is 0. The third-order valence-electron chi connectivity index (χ3n) is 4.04. The van der Waals surface area contributed by atoms with E-state index in [2.05, 4.69) is 65.8 Å². The molecule has 1 aliphatic carbocycles. The summed E-state index contributed by atoms with van der Waals surface area (Å²) in [6.07, 6.45) is 3.47. The van der Waals surface area contributed by atoms with E-state index in [1.807, 2.05) is 7.05 Å². The molecule has 1 aromatic rings. The first-order valence-electron chi connectivity index (χ1n) is 7.83. The number of aryl methyl sites for hydroxylation is 1. The van der Waals surface area contributed by atoms with Gasteiger partial charge in [-0.1, -0.05) is 19.1 Å². The molecule has 0 aliphatic heterocycles. The van der Waals surface area contributed by atoms with E-state index >= 15 is 0 Å². The molecule has 0 saturated heterocycles. The van der Waals surface area contributed by atoms with Gasteiger partial charge in [0.05, 0.1) is 0 Å². The Morgan fingerprint density at radius 2 is 1.91 bits per heavy atom. The van der Waals surface area contributed by atoms with Crippen molar-refractivity contribution in [3.63, 3.8) is 0 Å². The molecule has 0 aromatic heterocycles. The molecule has 1 aromatic carbocycles. The molecule has 0 bridgehead atoms. The van der Waals surface area contributed by atoms with Gasteiger partial charge in [-0.2, -0.15) is 0 Å². The largest absolute Gasteiger partial charge is 0.378 e. The molecule has 2 unspecified atom stereocenters. The molecule has 5 heteroatoms. The predicted molar refractivity (Wildman–Crippen MR) is 107 cm³/mol. The molecule has 4 nitrogen and oxygen atoms in total. The Morgan fingerprint density at radius 3 is 2.41 bits per heavy atom. The fourth-order valence-corrected chi connectivity index (χ4v) is 2.35. The lowest BCUT2D eigenvalue weighted by Gasteiger charge is -2.13. The first-order valence-corrected chi connectivity index (χ1v) is 7.83. The van der Waals surface area contributed by atoms with Gasteiger partial charge in [-0.3, -0.25) is 4.99 Å². The summed E-state index contributed by atoms with van der Waals surface area (Å²) in [6, 6.07) is 9.41. The summed E-state index contributed by atoms with van der Waals surface area (Å²) >= 11 is 0. The van der Waals surface area contributed by atoms with E-state index in [-0.39, 0.29) is 24.0 Å². The summed E-state index contributed by atoms with van der Waals surface area (Å²) in [5.41, 5.74) is 2.64. The molecular weight excluding hydrogens is 387 g/mol. The zero-order valence-corrected chi connectivity index (χ0v) is 16.4. The number of nitrogens with one attached hydrogen (secondary N) is 2. The molecule has 0 heterocycles. The van der Waals surface area contributed by atoms with E-state index in [0.717, 1.165) is 31.3 Å². The molecule has 0 spiro atoms. The van der Waals surface area contributed by atoms with Crippen molar-refractivity contribution in [2.24, 2.45) is 10.9 Å². The van der Waals surface area contributed by atoms with Crippen LogP contribution in [0.5, 0.6) is 0 Å². The monoisotopic (exact) mass is 416 g/mol. The minimum Gasteiger partial charge on any atom is -0.378 e. The number of nitrogens with zero attached hydrogens (tertiary/aromatic N) is 2. The molecule has 1 aliphatic rings. The van der Waals surface area contributed by atoms with E-state index in [0.29, 0.717) is 6.04 Å². The average molecular weight is 416 g/mol. The van der Waals surface area contributed by atoms with Gasteiger partial charge in [-0.25, -0.2) is 0 Å². The number of anilines is 1. The number of aliphatic imine (C=N–C) groups is 1. The second-order valence-corrected chi connectivity index (χ2v) is 6.13. The van der Waals surface area contributed by atoms with Crippen molar-refractivity contribution < 1.29 is 0 Å². The molecular formula is C17H29IN4. The van der Waals surface area contributed by atoms with E-state index < -0.39 is 0 Å². The van der Waals surface area contributed by atoms with Crippen LogP contribution in [-0.4, -0.2) is 39.7 Å². The van der Waals surface area contributed by atoms with Crippen LogP contribution < -0.4 is 15.5 Å². The summed E-state index contributed by atoms with van der Waals surface area (Å²) in [5.74, 6) is 1.73. The Kier molecular flexibility index (Phi) is 8.00. The van der Waals surface area contributed by atoms with Crippen LogP contribution >= 0.6 is 24.0 Å². The maximum absolute atomic E-state index is 4.27. The molecule has 0 radical (unpaired) electrons. The second-order valence-electron chi connectivity index (χ2n) is 6.13. The fourth-order valence-electron chi connectivity index (χ4n) is 2.35. The van der Waals surface area contributed by atoms with Gasteiger partial charge in [0, 0.05) is 39.4 Å². The zero-order chi connectivity index (χ0) is 15.2. The first kappa shape index (κ1) is 19.1. The highest BCUT2D eigenvalue weighted by atomic mass is 127. The van der Waals surface area contributed by atoms with Gasteiger partial charge in [0.15, 0.2) is 5.96 Å². The Morgan fingerprint density at radius 1 is 1.27 bits per heavy atom. The van der Waals surface area contributed by atoms with Gasteiger partial charge in [0.2, 0.25) is 0 Å². The molecule has 0 amide bonds. The summed E-state index contributed by atoms with van der Waals surface area (Å²) < 4.78 is 0. The van der Waals surface area contributed by atoms with Crippen molar-refractivity contribution in [1.82, 2.24) is 10.6 Å². The predicted octanol–water partition coefficient (Wildman–Crippen LogP) is 2.88. The summed E-state index contributed by atoms with van der Waals surface area (Å²) in [4.78, 5) is 6.39. The second kappa shape index (κ2) is 9.22. The van der Waals surface area contributed by atoms with Gasteiger partial charge in [0.1, 0.15) is 0 Å². The smallest absolute Gasteiger partial charge is 0.191 e. The number of benzene rings is 1. The van der Waals surface area contributed by atoms with Crippen LogP contribution in [0.4, 0.5) is 5.69 Å². The third kappa shape index (κ3) is 6.02. The quantitative estimate of drug-likeness (QED) is 0.324. The van der Waals surface area contributed by atoms with E-state index in [1.54, 1.807) is 0 Å². The Bertz CT molecular complexity index is 470. The van der Waals surface area contributed by atoms with Crippen molar-refractivity contribution in [3.8, 4) is 0 Å². The summed E-state index contributed by atoms with van der Waals surface area (Å²) in [7, 11) is 5.97. The molecule has 2 N–H and O–H groups in total. The first-order chi connectivity index (χ1) is 10.1. The third-order valence-corrected chi connectivity index (χ3v) is 4.04. The molecule has 1 fully saturated rings. The molecule has 1 saturated carbocycles. The van der Waals surface area contributed by atoms with Gasteiger partial charge in [-0.05, 0) is 42.9 Å². The lowest BCUT2D eigenvalue weighted by Crippen LogP contribution is -2.39. The molecule has 22 heavy (non-hydrogen) atoms. The standard InChI is InChI=1S/C17H28N4.HI/c1-13-12-16(13)20-17(18-2)19-11-5-6-14-7-9-15(10-8-14)21(3)4;/h7-10,13,16H,5-6,11-12H2,1-4H3,(H2,18,19,20);1H. The van der Waals surface area contributed by atoms with Gasteiger partial charge < -0.3 is 15.5 Å². The molecule has 2 rings (SSSR count). The van der Waals surface area contributed by atoms with E-state index in [4.69, 9.17) is 0 Å². The maximum atomic E-state index is 4.27. The SMILES string of the molecule is CN=C(NCCCc1ccc(N(C)C)cc1)NC1CC1C.I. The van der Waals surface area contributed by atoms with Crippen molar-refractivity contribution >= 4 is 35.6 Å². The fraction of sp³-hybridized carbons (Fsp3) is 0.588. The highest BCUT2D eigenvalue weighted by Crippen LogP contribution is 2.28. The zero-order valence-electron chi connectivity index (χ0n) is 14.1. The Balaban J connectivity index is 0.00000242. The van der Waals surface area contributed by atoms with E-state index in [1.165, 1.54) is 17.7 Å². The molecule has 2 atom stereocenters. The van der Waals surface area contributed by atoms with Crippen molar-refractivity contribution in [3.05, 3.63) is 29.8 Å². The van der Waals surface area contributed by atoms with E-state index in [9.17, 15) is 0 Å². The van der Waals surface area contributed by atoms with Gasteiger partial charge in [0.25, 0.3) is 0 Å². The van der Waals surface area contributed by atoms with Crippen LogP contribution in [0.2, 0.25) is 0 Å². The molecule has 124 valence electrons. The number of hydrogen-bond acceptors (Lipinski definition) is 2. The highest BCUT2D eigenvalue weighted by molar-refractivity contribution is 14.0. The Hall–Kier alpha value is -0.980. The van der Waals surface area contributed by atoms with Crippen LogP contribution in [0, 0.1) is 5.92 Å². The van der Waals surface area contributed by atoms with Crippen LogP contribution in [0.25, 0.3) is 0 Å². The van der Waals surface area contributed by atoms with Crippen molar-refractivity contribution in [1.29, 1.82) is 0 Å². The lowest BCUT2D eigenvalue weighted by molar-refractivity contribution is 0.726. The maximum Gasteiger partial charge on any atom is 0.191 e. The van der Waals surface area contributed by atoms with Crippen molar-refractivity contribution in [2.75, 3.05) is 32.6 Å². The summed E-state index contributed by atoms with van der Waals surface area (Å²) in [5, 5.41) is 6.83. The highest BCUT2D eigenvalue weighted by Gasteiger charge is 2.33. The van der Waals surface area contributed by atoms with Crippen LogP contribution in [0.1, 0.15) is 25.3 Å². The van der Waals surface area contributed by atoms with Gasteiger partial charge in [-0.15, -0.1) is 24.0 Å². The normalized spacial score (nSPS) is 20.1. The summed E-state index contributed by atoms with van der Waals surface area (Å²) in [6.45, 7) is 3.22. The minimum atomic E-state index is 0.